The summed E-state index contributed by atoms with van der Waals surface area (Å²) in [6.07, 6.45) is 4.48. The molecule has 114 valence electrons. The molecule has 1 aliphatic carbocycles. The summed E-state index contributed by atoms with van der Waals surface area (Å²) in [5, 5.41) is 8.37. The number of carbonyl (C=O) groups excluding carboxylic acids is 2. The second-order valence-corrected chi connectivity index (χ2v) is 5.73. The first-order chi connectivity index (χ1) is 10.1. The molecular weight excluding hydrogens is 266 g/mol. The number of amides is 3. The van der Waals surface area contributed by atoms with Gasteiger partial charge in [0.25, 0.3) is 5.91 Å². The molecule has 0 saturated heterocycles. The molecular formula is C16H23N3O2. The van der Waals surface area contributed by atoms with Gasteiger partial charge < -0.3 is 16.0 Å². The lowest BCUT2D eigenvalue weighted by Gasteiger charge is -2.27. The fourth-order valence-electron chi connectivity index (χ4n) is 2.80. The summed E-state index contributed by atoms with van der Waals surface area (Å²) < 4.78 is 0. The predicted molar refractivity (Wildman–Crippen MR) is 83.4 cm³/mol. The maximum Gasteiger partial charge on any atom is 0.319 e. The molecule has 0 aromatic heterocycles. The van der Waals surface area contributed by atoms with Crippen molar-refractivity contribution in [3.8, 4) is 0 Å². The van der Waals surface area contributed by atoms with Crippen LogP contribution in [0.4, 0.5) is 10.5 Å². The van der Waals surface area contributed by atoms with Crippen LogP contribution in [0.25, 0.3) is 0 Å². The van der Waals surface area contributed by atoms with Gasteiger partial charge in [-0.3, -0.25) is 4.79 Å². The Kier molecular flexibility index (Phi) is 5.20. The van der Waals surface area contributed by atoms with Gasteiger partial charge in [-0.2, -0.15) is 0 Å². The van der Waals surface area contributed by atoms with Gasteiger partial charge in [0, 0.05) is 24.3 Å². The van der Waals surface area contributed by atoms with Gasteiger partial charge in [-0.15, -0.1) is 0 Å². The molecule has 1 aromatic carbocycles. The molecule has 21 heavy (non-hydrogen) atoms. The minimum atomic E-state index is -0.205. The molecule has 0 heterocycles. The zero-order chi connectivity index (χ0) is 15.2. The van der Waals surface area contributed by atoms with Gasteiger partial charge in [-0.1, -0.05) is 25.8 Å². The molecule has 3 N–H and O–H groups in total. The second-order valence-electron chi connectivity index (χ2n) is 5.73. The SMILES string of the molecule is CNC(=O)c1cccc(NC(=O)N[C@H]2CCC[C@H](C)C2)c1. The standard InChI is InChI=1S/C16H23N3O2/c1-11-5-3-7-13(9-11)18-16(21)19-14-8-4-6-12(10-14)15(20)17-2/h4,6,8,10-11,13H,3,5,7,9H2,1-2H3,(H,17,20)(H2,18,19,21)/t11-,13-/m0/s1. The molecule has 3 amide bonds. The monoisotopic (exact) mass is 289 g/mol. The number of urea groups is 1. The highest BCUT2D eigenvalue weighted by molar-refractivity contribution is 5.96. The Morgan fingerprint density at radius 1 is 1.24 bits per heavy atom. The minimum absolute atomic E-state index is 0.167. The summed E-state index contributed by atoms with van der Waals surface area (Å²) >= 11 is 0. The third-order valence-corrected chi connectivity index (χ3v) is 3.88. The Hall–Kier alpha value is -2.04. The van der Waals surface area contributed by atoms with Crippen LogP contribution in [0, 0.1) is 5.92 Å². The number of rotatable bonds is 3. The molecule has 0 unspecified atom stereocenters. The lowest BCUT2D eigenvalue weighted by Crippen LogP contribution is -2.40. The van der Waals surface area contributed by atoms with Gasteiger partial charge in [0.15, 0.2) is 0 Å². The van der Waals surface area contributed by atoms with Crippen molar-refractivity contribution in [3.05, 3.63) is 29.8 Å². The molecule has 2 rings (SSSR count). The van der Waals surface area contributed by atoms with Crippen LogP contribution < -0.4 is 16.0 Å². The average molecular weight is 289 g/mol. The van der Waals surface area contributed by atoms with E-state index in [-0.39, 0.29) is 18.0 Å². The summed E-state index contributed by atoms with van der Waals surface area (Å²) in [6.45, 7) is 2.22. The molecule has 5 heteroatoms. The third-order valence-electron chi connectivity index (χ3n) is 3.88. The summed E-state index contributed by atoms with van der Waals surface area (Å²) in [4.78, 5) is 23.6. The van der Waals surface area contributed by atoms with E-state index in [0.717, 1.165) is 19.3 Å². The molecule has 1 aliphatic rings. The molecule has 0 spiro atoms. The Balaban J connectivity index is 1.91. The highest BCUT2D eigenvalue weighted by Crippen LogP contribution is 2.23. The molecule has 0 radical (unpaired) electrons. The van der Waals surface area contributed by atoms with Gasteiger partial charge >= 0.3 is 6.03 Å². The Morgan fingerprint density at radius 2 is 2.05 bits per heavy atom. The van der Waals surface area contributed by atoms with E-state index in [2.05, 4.69) is 22.9 Å². The van der Waals surface area contributed by atoms with E-state index in [4.69, 9.17) is 0 Å². The molecule has 5 nitrogen and oxygen atoms in total. The van der Waals surface area contributed by atoms with Crippen LogP contribution in [-0.4, -0.2) is 25.0 Å². The number of hydrogen-bond donors (Lipinski definition) is 3. The van der Waals surface area contributed by atoms with E-state index in [1.807, 2.05) is 0 Å². The Morgan fingerprint density at radius 3 is 2.76 bits per heavy atom. The van der Waals surface area contributed by atoms with Gasteiger partial charge in [0.2, 0.25) is 0 Å². The largest absolute Gasteiger partial charge is 0.355 e. The molecule has 0 bridgehead atoms. The zero-order valence-corrected chi connectivity index (χ0v) is 12.6. The van der Waals surface area contributed by atoms with Gasteiger partial charge in [0.05, 0.1) is 0 Å². The zero-order valence-electron chi connectivity index (χ0n) is 12.6. The molecule has 1 saturated carbocycles. The van der Waals surface area contributed by atoms with Crippen molar-refractivity contribution in [1.82, 2.24) is 10.6 Å². The van der Waals surface area contributed by atoms with Crippen LogP contribution >= 0.6 is 0 Å². The first-order valence-electron chi connectivity index (χ1n) is 7.48. The van der Waals surface area contributed by atoms with Crippen LogP contribution in [0.15, 0.2) is 24.3 Å². The predicted octanol–water partition coefficient (Wildman–Crippen LogP) is 2.75. The highest BCUT2D eigenvalue weighted by Gasteiger charge is 2.20. The summed E-state index contributed by atoms with van der Waals surface area (Å²) in [7, 11) is 1.58. The molecule has 0 aliphatic heterocycles. The van der Waals surface area contributed by atoms with Gasteiger partial charge in [-0.25, -0.2) is 4.79 Å². The van der Waals surface area contributed by atoms with E-state index >= 15 is 0 Å². The van der Waals surface area contributed by atoms with Crippen molar-refractivity contribution in [3.63, 3.8) is 0 Å². The van der Waals surface area contributed by atoms with E-state index in [0.29, 0.717) is 17.2 Å². The van der Waals surface area contributed by atoms with Gasteiger partial charge in [0.1, 0.15) is 0 Å². The fraction of sp³-hybridized carbons (Fsp3) is 0.500. The second kappa shape index (κ2) is 7.11. The van der Waals surface area contributed by atoms with Crippen molar-refractivity contribution < 1.29 is 9.59 Å². The van der Waals surface area contributed by atoms with Gasteiger partial charge in [-0.05, 0) is 37.0 Å². The lowest BCUT2D eigenvalue weighted by atomic mass is 9.87. The third kappa shape index (κ3) is 4.48. The van der Waals surface area contributed by atoms with Crippen molar-refractivity contribution in [2.24, 2.45) is 5.92 Å². The number of anilines is 1. The van der Waals surface area contributed by atoms with E-state index in [9.17, 15) is 9.59 Å². The number of hydrogen-bond acceptors (Lipinski definition) is 2. The number of benzene rings is 1. The van der Waals surface area contributed by atoms with E-state index < -0.39 is 0 Å². The van der Waals surface area contributed by atoms with Crippen LogP contribution in [-0.2, 0) is 0 Å². The summed E-state index contributed by atoms with van der Waals surface area (Å²) in [5.74, 6) is 0.501. The van der Waals surface area contributed by atoms with E-state index in [1.54, 1.807) is 31.3 Å². The smallest absolute Gasteiger partial charge is 0.319 e. The molecule has 2 atom stereocenters. The molecule has 1 fully saturated rings. The van der Waals surface area contributed by atoms with Crippen molar-refractivity contribution in [1.29, 1.82) is 0 Å². The van der Waals surface area contributed by atoms with Crippen molar-refractivity contribution >= 4 is 17.6 Å². The highest BCUT2D eigenvalue weighted by atomic mass is 16.2. The average Bonchev–Trinajstić information content (AvgIpc) is 2.46. The minimum Gasteiger partial charge on any atom is -0.355 e. The van der Waals surface area contributed by atoms with Crippen molar-refractivity contribution in [2.75, 3.05) is 12.4 Å². The fourth-order valence-corrected chi connectivity index (χ4v) is 2.80. The maximum absolute atomic E-state index is 12.0. The van der Waals surface area contributed by atoms with E-state index in [1.165, 1.54) is 6.42 Å². The Labute approximate surface area is 125 Å². The maximum atomic E-state index is 12.0. The normalized spacial score (nSPS) is 21.4. The van der Waals surface area contributed by atoms with Crippen LogP contribution in [0.3, 0.4) is 0 Å². The topological polar surface area (TPSA) is 70.2 Å². The summed E-state index contributed by atoms with van der Waals surface area (Å²) in [6, 6.07) is 6.95. The number of nitrogens with one attached hydrogen (secondary N) is 3. The Bertz CT molecular complexity index is 516. The van der Waals surface area contributed by atoms with Crippen molar-refractivity contribution in [2.45, 2.75) is 38.6 Å². The van der Waals surface area contributed by atoms with Crippen LogP contribution in [0.2, 0.25) is 0 Å². The lowest BCUT2D eigenvalue weighted by molar-refractivity contribution is 0.0963. The number of carbonyl (C=O) groups is 2. The molecule has 1 aromatic rings. The quantitative estimate of drug-likeness (QED) is 0.800. The first-order valence-corrected chi connectivity index (χ1v) is 7.48. The first kappa shape index (κ1) is 15.4. The van der Waals surface area contributed by atoms with Crippen LogP contribution in [0.5, 0.6) is 0 Å². The summed E-state index contributed by atoms with van der Waals surface area (Å²) in [5.41, 5.74) is 1.15. The van der Waals surface area contributed by atoms with Crippen LogP contribution in [0.1, 0.15) is 43.0 Å².